The molecule has 0 aromatic heterocycles. The lowest BCUT2D eigenvalue weighted by atomic mass is 10.0. The van der Waals surface area contributed by atoms with Crippen LogP contribution in [0.1, 0.15) is 0 Å². The van der Waals surface area contributed by atoms with Crippen molar-refractivity contribution >= 4 is 29.8 Å². The van der Waals surface area contributed by atoms with Crippen LogP contribution in [0.25, 0.3) is 0 Å². The molecular formula is C21H24O11. The van der Waals surface area contributed by atoms with E-state index in [0.29, 0.717) is 0 Å². The molecule has 0 saturated heterocycles. The van der Waals surface area contributed by atoms with Gasteiger partial charge in [-0.15, -0.1) is 0 Å². The molecule has 0 bridgehead atoms. The van der Waals surface area contributed by atoms with Crippen LogP contribution in [-0.2, 0) is 47.7 Å². The number of hydrogen-bond donors (Lipinski definition) is 1. The number of esters is 5. The Hall–Kier alpha value is -3.99. The molecule has 0 aliphatic heterocycles. The monoisotopic (exact) mass is 452 g/mol. The van der Waals surface area contributed by atoms with Crippen molar-refractivity contribution in [1.29, 1.82) is 0 Å². The highest BCUT2D eigenvalue weighted by Gasteiger charge is 2.44. The topological polar surface area (TPSA) is 152 Å². The fraction of sp³-hybridized carbons (Fsp3) is 0.286. The molecule has 32 heavy (non-hydrogen) atoms. The molecule has 0 unspecified atom stereocenters. The van der Waals surface area contributed by atoms with Gasteiger partial charge >= 0.3 is 29.8 Å². The van der Waals surface area contributed by atoms with Crippen molar-refractivity contribution in [2.75, 3.05) is 13.2 Å². The van der Waals surface area contributed by atoms with E-state index in [1.807, 2.05) is 0 Å². The third kappa shape index (κ3) is 9.67. The van der Waals surface area contributed by atoms with Crippen molar-refractivity contribution in [3.05, 3.63) is 63.3 Å². The second kappa shape index (κ2) is 14.9. The van der Waals surface area contributed by atoms with E-state index in [9.17, 15) is 29.1 Å². The standard InChI is InChI=1S/C21H24O11/c1-6-15(23)28-12-14(30-17(25)8-3)21(32-19(27)10-5)20(31-18(26)9-4)13(11-22)29-16(24)7-2/h6-10,13-14,20-22H,1-5,11-12H2/t13-,14+,20-,21-/m1/s1. The Morgan fingerprint density at radius 1 is 0.594 bits per heavy atom. The molecule has 11 nitrogen and oxygen atoms in total. The Balaban J connectivity index is 6.43. The van der Waals surface area contributed by atoms with Gasteiger partial charge in [-0.3, -0.25) is 0 Å². The highest BCUT2D eigenvalue weighted by atomic mass is 16.6. The molecule has 0 radical (unpaired) electrons. The van der Waals surface area contributed by atoms with Crippen LogP contribution in [0.15, 0.2) is 63.3 Å². The Labute approximate surface area is 184 Å². The number of ether oxygens (including phenoxy) is 5. The highest BCUT2D eigenvalue weighted by Crippen LogP contribution is 2.20. The molecule has 0 fully saturated rings. The van der Waals surface area contributed by atoms with Gasteiger partial charge < -0.3 is 28.8 Å². The van der Waals surface area contributed by atoms with Crippen molar-refractivity contribution in [2.45, 2.75) is 24.4 Å². The summed E-state index contributed by atoms with van der Waals surface area (Å²) in [5, 5.41) is 9.72. The summed E-state index contributed by atoms with van der Waals surface area (Å²) in [7, 11) is 0. The van der Waals surface area contributed by atoms with Crippen LogP contribution >= 0.6 is 0 Å². The van der Waals surface area contributed by atoms with E-state index >= 15 is 0 Å². The SMILES string of the molecule is C=CC(=O)OC[C@H](OC(=O)C=C)[C@@H](OC(=O)C=C)[C@H](OC(=O)C=C)[C@@H](CO)OC(=O)C=C. The largest absolute Gasteiger partial charge is 0.458 e. The van der Waals surface area contributed by atoms with Gasteiger partial charge in [-0.2, -0.15) is 0 Å². The van der Waals surface area contributed by atoms with Crippen molar-refractivity contribution in [3.63, 3.8) is 0 Å². The summed E-state index contributed by atoms with van der Waals surface area (Å²) in [6.07, 6.45) is -2.95. The zero-order valence-electron chi connectivity index (χ0n) is 17.2. The minimum Gasteiger partial charge on any atom is -0.458 e. The van der Waals surface area contributed by atoms with Gasteiger partial charge in [0.1, 0.15) is 6.61 Å². The molecule has 1 N–H and O–H groups in total. The number of hydrogen-bond acceptors (Lipinski definition) is 11. The van der Waals surface area contributed by atoms with Crippen molar-refractivity contribution in [3.8, 4) is 0 Å². The minimum absolute atomic E-state index is 0.713. The van der Waals surface area contributed by atoms with Gasteiger partial charge in [0.05, 0.1) is 6.61 Å². The van der Waals surface area contributed by atoms with Gasteiger partial charge in [0.25, 0.3) is 0 Å². The second-order valence-corrected chi connectivity index (χ2v) is 5.59. The molecule has 0 aromatic rings. The average Bonchev–Trinajstić information content (AvgIpc) is 2.81. The van der Waals surface area contributed by atoms with Gasteiger partial charge in [-0.1, -0.05) is 32.9 Å². The number of carbonyl (C=O) groups excluding carboxylic acids is 5. The summed E-state index contributed by atoms with van der Waals surface area (Å²) in [5.74, 6) is -5.11. The minimum atomic E-state index is -1.76. The van der Waals surface area contributed by atoms with Gasteiger partial charge in [0, 0.05) is 30.4 Å². The molecule has 4 atom stereocenters. The first-order chi connectivity index (χ1) is 15.2. The van der Waals surface area contributed by atoms with Gasteiger partial charge in [-0.05, 0) is 0 Å². The molecule has 0 heterocycles. The molecule has 0 rings (SSSR count). The summed E-state index contributed by atoms with van der Waals surface area (Å²) in [5.41, 5.74) is 0. The molecule has 0 spiro atoms. The van der Waals surface area contributed by atoms with Gasteiger partial charge in [-0.25, -0.2) is 24.0 Å². The number of carbonyl (C=O) groups is 5. The van der Waals surface area contributed by atoms with E-state index in [1.165, 1.54) is 0 Å². The molecule has 0 aromatic carbocycles. The van der Waals surface area contributed by atoms with E-state index in [-0.39, 0.29) is 0 Å². The molecular weight excluding hydrogens is 428 g/mol. The van der Waals surface area contributed by atoms with Crippen molar-refractivity contribution < 1.29 is 52.8 Å². The zero-order valence-corrected chi connectivity index (χ0v) is 17.2. The Morgan fingerprint density at radius 3 is 1.31 bits per heavy atom. The first-order valence-corrected chi connectivity index (χ1v) is 8.89. The molecule has 0 amide bonds. The smallest absolute Gasteiger partial charge is 0.330 e. The van der Waals surface area contributed by atoms with E-state index in [0.717, 1.165) is 30.4 Å². The van der Waals surface area contributed by atoms with Crippen LogP contribution in [0.4, 0.5) is 0 Å². The lowest BCUT2D eigenvalue weighted by molar-refractivity contribution is -0.201. The van der Waals surface area contributed by atoms with Crippen LogP contribution in [0.2, 0.25) is 0 Å². The number of aliphatic hydroxyl groups excluding tert-OH is 1. The zero-order chi connectivity index (χ0) is 24.7. The first-order valence-electron chi connectivity index (χ1n) is 8.89. The summed E-state index contributed by atoms with van der Waals surface area (Å²) >= 11 is 0. The second-order valence-electron chi connectivity index (χ2n) is 5.59. The Bertz CT molecular complexity index is 768. The third-order valence-electron chi connectivity index (χ3n) is 3.50. The Morgan fingerprint density at radius 2 is 0.938 bits per heavy atom. The maximum atomic E-state index is 12.0. The molecule has 0 aliphatic carbocycles. The Kier molecular flexibility index (Phi) is 13.0. The molecule has 174 valence electrons. The van der Waals surface area contributed by atoms with E-state index < -0.39 is 67.5 Å². The lowest BCUT2D eigenvalue weighted by Crippen LogP contribution is -2.54. The third-order valence-corrected chi connectivity index (χ3v) is 3.50. The van der Waals surface area contributed by atoms with E-state index in [4.69, 9.17) is 23.7 Å². The normalized spacial score (nSPS) is 13.5. The van der Waals surface area contributed by atoms with Crippen molar-refractivity contribution in [1.82, 2.24) is 0 Å². The fourth-order valence-electron chi connectivity index (χ4n) is 2.10. The fourth-order valence-corrected chi connectivity index (χ4v) is 2.10. The predicted octanol–water partition coefficient (Wildman–Crippen LogP) is 0.0991. The molecule has 11 heteroatoms. The van der Waals surface area contributed by atoms with E-state index in [2.05, 4.69) is 32.9 Å². The maximum absolute atomic E-state index is 12.0. The predicted molar refractivity (Wildman–Crippen MR) is 109 cm³/mol. The van der Waals surface area contributed by atoms with Crippen LogP contribution in [0.5, 0.6) is 0 Å². The lowest BCUT2D eigenvalue weighted by Gasteiger charge is -2.34. The van der Waals surface area contributed by atoms with Crippen molar-refractivity contribution in [2.24, 2.45) is 0 Å². The van der Waals surface area contributed by atoms with Crippen LogP contribution < -0.4 is 0 Å². The van der Waals surface area contributed by atoms with E-state index in [1.54, 1.807) is 0 Å². The van der Waals surface area contributed by atoms with Crippen LogP contribution in [-0.4, -0.2) is 72.6 Å². The summed E-state index contributed by atoms with van der Waals surface area (Å²) < 4.78 is 25.2. The summed E-state index contributed by atoms with van der Waals surface area (Å²) in [6.45, 7) is 14.5. The summed E-state index contributed by atoms with van der Waals surface area (Å²) in [4.78, 5) is 58.9. The number of rotatable bonds is 15. The molecule has 0 aliphatic rings. The first kappa shape index (κ1) is 28.0. The van der Waals surface area contributed by atoms with Crippen LogP contribution in [0.3, 0.4) is 0 Å². The average molecular weight is 452 g/mol. The van der Waals surface area contributed by atoms with Crippen LogP contribution in [0, 0.1) is 0 Å². The highest BCUT2D eigenvalue weighted by molar-refractivity contribution is 5.84. The number of aliphatic hydroxyl groups is 1. The van der Waals surface area contributed by atoms with Gasteiger partial charge in [0.15, 0.2) is 24.4 Å². The maximum Gasteiger partial charge on any atom is 0.330 e. The van der Waals surface area contributed by atoms with Gasteiger partial charge in [0.2, 0.25) is 0 Å². The molecule has 0 saturated carbocycles. The summed E-state index contributed by atoms with van der Waals surface area (Å²) in [6, 6.07) is 0. The quantitative estimate of drug-likeness (QED) is 0.204.